The minimum absolute atomic E-state index is 0.0832. The van der Waals surface area contributed by atoms with Gasteiger partial charge >= 0.3 is 6.03 Å². The second kappa shape index (κ2) is 9.89. The summed E-state index contributed by atoms with van der Waals surface area (Å²) >= 11 is 1.37. The number of carbonyl (C=O) groups excluding carboxylic acids is 3. The summed E-state index contributed by atoms with van der Waals surface area (Å²) in [5, 5.41) is 10.3. The number of anilines is 1. The van der Waals surface area contributed by atoms with Crippen molar-refractivity contribution in [2.45, 2.75) is 25.8 Å². The molecule has 1 saturated heterocycles. The van der Waals surface area contributed by atoms with Crippen LogP contribution in [-0.4, -0.2) is 42.4 Å². The zero-order valence-corrected chi connectivity index (χ0v) is 16.4. The lowest BCUT2D eigenvalue weighted by Gasteiger charge is -2.16. The van der Waals surface area contributed by atoms with Crippen molar-refractivity contribution in [1.29, 1.82) is 0 Å². The van der Waals surface area contributed by atoms with Gasteiger partial charge in [-0.1, -0.05) is 18.2 Å². The Labute approximate surface area is 168 Å². The van der Waals surface area contributed by atoms with Gasteiger partial charge < -0.3 is 20.9 Å². The summed E-state index contributed by atoms with van der Waals surface area (Å²) in [5.41, 5.74) is 1.61. The average molecular weight is 401 g/mol. The van der Waals surface area contributed by atoms with E-state index in [1.807, 2.05) is 35.7 Å². The lowest BCUT2D eigenvalue weighted by molar-refractivity contribution is -0.121. The number of amides is 4. The molecule has 0 bridgehead atoms. The first kappa shape index (κ1) is 19.9. The highest BCUT2D eigenvalue weighted by atomic mass is 32.1. The van der Waals surface area contributed by atoms with Crippen LogP contribution in [0, 0.1) is 0 Å². The van der Waals surface area contributed by atoms with E-state index in [1.165, 1.54) is 11.3 Å². The monoisotopic (exact) mass is 400 g/mol. The third-order valence-electron chi connectivity index (χ3n) is 4.44. The molecule has 2 heterocycles. The predicted molar refractivity (Wildman–Crippen MR) is 109 cm³/mol. The minimum Gasteiger partial charge on any atom is -0.352 e. The van der Waals surface area contributed by atoms with Gasteiger partial charge in [0.1, 0.15) is 0 Å². The van der Waals surface area contributed by atoms with Gasteiger partial charge in [0.2, 0.25) is 5.91 Å². The topological polar surface area (TPSA) is 90.5 Å². The summed E-state index contributed by atoms with van der Waals surface area (Å²) in [5.74, 6) is -0.303. The highest BCUT2D eigenvalue weighted by molar-refractivity contribution is 7.12. The highest BCUT2D eigenvalue weighted by Crippen LogP contribution is 2.14. The van der Waals surface area contributed by atoms with Crippen LogP contribution in [0.3, 0.4) is 0 Å². The van der Waals surface area contributed by atoms with Gasteiger partial charge in [-0.3, -0.25) is 9.59 Å². The van der Waals surface area contributed by atoms with Crippen molar-refractivity contribution in [3.05, 3.63) is 52.2 Å². The van der Waals surface area contributed by atoms with Gasteiger partial charge in [-0.2, -0.15) is 0 Å². The zero-order chi connectivity index (χ0) is 19.8. The van der Waals surface area contributed by atoms with Gasteiger partial charge in [-0.15, -0.1) is 11.3 Å². The van der Waals surface area contributed by atoms with E-state index >= 15 is 0 Å². The van der Waals surface area contributed by atoms with E-state index in [4.69, 9.17) is 0 Å². The molecule has 0 saturated carbocycles. The molecule has 8 heteroatoms. The first-order valence-electron chi connectivity index (χ1n) is 9.35. The van der Waals surface area contributed by atoms with E-state index in [-0.39, 0.29) is 30.8 Å². The van der Waals surface area contributed by atoms with Crippen molar-refractivity contribution >= 4 is 34.9 Å². The Morgan fingerprint density at radius 1 is 1.04 bits per heavy atom. The maximum absolute atomic E-state index is 12.2. The van der Waals surface area contributed by atoms with Crippen molar-refractivity contribution in [1.82, 2.24) is 15.5 Å². The quantitative estimate of drug-likeness (QED) is 0.667. The summed E-state index contributed by atoms with van der Waals surface area (Å²) in [6.07, 6.45) is 2.31. The molecule has 28 heavy (non-hydrogen) atoms. The summed E-state index contributed by atoms with van der Waals surface area (Å²) < 4.78 is 0. The van der Waals surface area contributed by atoms with Gasteiger partial charge in [0.05, 0.1) is 4.88 Å². The average Bonchev–Trinajstić information content (AvgIpc) is 3.40. The van der Waals surface area contributed by atoms with Crippen LogP contribution in [0.25, 0.3) is 0 Å². The molecule has 4 amide bonds. The fourth-order valence-electron chi connectivity index (χ4n) is 2.96. The van der Waals surface area contributed by atoms with Gasteiger partial charge in [-0.25, -0.2) is 4.79 Å². The van der Waals surface area contributed by atoms with Crippen molar-refractivity contribution < 1.29 is 14.4 Å². The number of hydrogen-bond donors (Lipinski definition) is 3. The van der Waals surface area contributed by atoms with E-state index in [0.29, 0.717) is 17.1 Å². The second-order valence-electron chi connectivity index (χ2n) is 6.58. The van der Waals surface area contributed by atoms with Gasteiger partial charge in [0.25, 0.3) is 5.91 Å². The number of likely N-dealkylation sites (tertiary alicyclic amines) is 1. The molecular formula is C20H24N4O3S. The van der Waals surface area contributed by atoms with Crippen LogP contribution in [0.4, 0.5) is 10.5 Å². The molecule has 2 aromatic rings. The lowest BCUT2D eigenvalue weighted by Crippen LogP contribution is -2.32. The van der Waals surface area contributed by atoms with Crippen molar-refractivity contribution in [2.24, 2.45) is 0 Å². The van der Waals surface area contributed by atoms with Crippen LogP contribution in [-0.2, 0) is 11.3 Å². The molecule has 1 aliphatic heterocycles. The minimum atomic E-state index is -0.163. The smallest absolute Gasteiger partial charge is 0.321 e. The van der Waals surface area contributed by atoms with Gasteiger partial charge in [0, 0.05) is 38.3 Å². The third kappa shape index (κ3) is 5.82. The first-order chi connectivity index (χ1) is 13.6. The summed E-state index contributed by atoms with van der Waals surface area (Å²) in [7, 11) is 0. The largest absolute Gasteiger partial charge is 0.352 e. The third-order valence-corrected chi connectivity index (χ3v) is 5.31. The normalized spacial score (nSPS) is 13.2. The Bertz CT molecular complexity index is 817. The van der Waals surface area contributed by atoms with Crippen LogP contribution in [0.2, 0.25) is 0 Å². The van der Waals surface area contributed by atoms with Crippen LogP contribution in [0.15, 0.2) is 41.8 Å². The van der Waals surface area contributed by atoms with Crippen molar-refractivity contribution in [2.75, 3.05) is 25.0 Å². The van der Waals surface area contributed by atoms with E-state index in [2.05, 4.69) is 16.0 Å². The molecule has 0 atom stereocenters. The molecule has 1 aromatic carbocycles. The molecule has 148 valence electrons. The second-order valence-corrected chi connectivity index (χ2v) is 7.53. The Kier molecular flexibility index (Phi) is 7.02. The molecule has 1 aromatic heterocycles. The number of nitrogens with one attached hydrogen (secondary N) is 3. The predicted octanol–water partition coefficient (Wildman–Crippen LogP) is 2.81. The van der Waals surface area contributed by atoms with E-state index in [9.17, 15) is 14.4 Å². The summed E-state index contributed by atoms with van der Waals surface area (Å²) in [4.78, 5) is 38.4. The number of rotatable bonds is 7. The summed E-state index contributed by atoms with van der Waals surface area (Å²) in [6.45, 7) is 2.24. The lowest BCUT2D eigenvalue weighted by atomic mass is 10.2. The number of thiophene rings is 1. The molecule has 0 aliphatic carbocycles. The maximum Gasteiger partial charge on any atom is 0.321 e. The fraction of sp³-hybridized carbons (Fsp3) is 0.350. The number of nitrogens with zero attached hydrogens (tertiary/aromatic N) is 1. The van der Waals surface area contributed by atoms with Crippen molar-refractivity contribution in [3.63, 3.8) is 0 Å². The van der Waals surface area contributed by atoms with E-state index in [0.717, 1.165) is 31.5 Å². The number of urea groups is 1. The first-order valence-corrected chi connectivity index (χ1v) is 10.2. The molecular weight excluding hydrogens is 376 g/mol. The number of hydrogen-bond acceptors (Lipinski definition) is 4. The molecule has 7 nitrogen and oxygen atoms in total. The summed E-state index contributed by atoms with van der Waals surface area (Å²) in [6, 6.07) is 10.9. The SMILES string of the molecule is O=C(CCNC(=O)c1cccs1)NCc1cccc(NC(=O)N2CCCC2)c1. The zero-order valence-electron chi connectivity index (χ0n) is 15.6. The van der Waals surface area contributed by atoms with Crippen LogP contribution in [0.1, 0.15) is 34.5 Å². The van der Waals surface area contributed by atoms with Crippen LogP contribution >= 0.6 is 11.3 Å². The van der Waals surface area contributed by atoms with Crippen LogP contribution < -0.4 is 16.0 Å². The number of benzene rings is 1. The van der Waals surface area contributed by atoms with Gasteiger partial charge in [0.15, 0.2) is 0 Å². The molecule has 3 rings (SSSR count). The Morgan fingerprint density at radius 2 is 1.86 bits per heavy atom. The van der Waals surface area contributed by atoms with E-state index in [1.54, 1.807) is 11.0 Å². The molecule has 0 unspecified atom stereocenters. The molecule has 0 radical (unpaired) electrons. The fourth-order valence-corrected chi connectivity index (χ4v) is 3.60. The van der Waals surface area contributed by atoms with Gasteiger partial charge in [-0.05, 0) is 42.0 Å². The Morgan fingerprint density at radius 3 is 2.61 bits per heavy atom. The van der Waals surface area contributed by atoms with Crippen LogP contribution in [0.5, 0.6) is 0 Å². The van der Waals surface area contributed by atoms with Crippen molar-refractivity contribution in [3.8, 4) is 0 Å². The number of carbonyl (C=O) groups is 3. The molecule has 1 fully saturated rings. The molecule has 3 N–H and O–H groups in total. The Balaban J connectivity index is 1.39. The molecule has 1 aliphatic rings. The molecule has 0 spiro atoms. The standard InChI is InChI=1S/C20H24N4O3S/c25-18(8-9-21-19(26)17-7-4-12-28-17)22-14-15-5-3-6-16(13-15)23-20(27)24-10-1-2-11-24/h3-7,12-13H,1-2,8-11,14H2,(H,21,26)(H,22,25)(H,23,27). The van der Waals surface area contributed by atoms with E-state index < -0.39 is 0 Å². The maximum atomic E-state index is 12.2. The Hall–Kier alpha value is -2.87. The highest BCUT2D eigenvalue weighted by Gasteiger charge is 2.17.